The van der Waals surface area contributed by atoms with Crippen LogP contribution in [0.15, 0.2) is 0 Å². The van der Waals surface area contributed by atoms with Gasteiger partial charge in [0.15, 0.2) is 0 Å². The number of unbranched alkanes of at least 4 members (excludes halogenated alkanes) is 1. The van der Waals surface area contributed by atoms with E-state index in [1.165, 1.54) is 0 Å². The van der Waals surface area contributed by atoms with E-state index in [9.17, 15) is 14.7 Å². The van der Waals surface area contributed by atoms with Crippen LogP contribution in [-0.4, -0.2) is 36.2 Å². The van der Waals surface area contributed by atoms with Gasteiger partial charge in [-0.05, 0) is 12.8 Å². The maximum atomic E-state index is 10.8. The molecule has 0 spiro atoms. The summed E-state index contributed by atoms with van der Waals surface area (Å²) in [5, 5.41) is 9.48. The molecule has 0 fully saturated rings. The molecule has 1 atom stereocenters. The lowest BCUT2D eigenvalue weighted by Gasteiger charge is -2.15. The summed E-state index contributed by atoms with van der Waals surface area (Å²) in [6.07, 6.45) is 0.918. The third-order valence-electron chi connectivity index (χ3n) is 2.15. The van der Waals surface area contributed by atoms with E-state index in [0.717, 1.165) is 12.8 Å². The van der Waals surface area contributed by atoms with Crippen molar-refractivity contribution in [2.75, 3.05) is 13.2 Å². The second-order valence-corrected chi connectivity index (χ2v) is 3.68. The van der Waals surface area contributed by atoms with Gasteiger partial charge in [-0.15, -0.1) is 0 Å². The lowest BCUT2D eigenvalue weighted by atomic mass is 10.0. The molecule has 0 saturated carbocycles. The summed E-state index contributed by atoms with van der Waals surface area (Å²) in [5.74, 6) is -2.77. The van der Waals surface area contributed by atoms with Crippen LogP contribution >= 0.6 is 0 Å². The van der Waals surface area contributed by atoms with Crippen LogP contribution < -0.4 is 11.5 Å². The fourth-order valence-electron chi connectivity index (χ4n) is 1.18. The molecule has 16 heavy (non-hydrogen) atoms. The van der Waals surface area contributed by atoms with Gasteiger partial charge in [0.25, 0.3) is 0 Å². The second-order valence-electron chi connectivity index (χ2n) is 3.68. The number of carbonyl (C=O) groups excluding carboxylic acids is 2. The number of amides is 2. The van der Waals surface area contributed by atoms with Gasteiger partial charge >= 0.3 is 0 Å². The third kappa shape index (κ3) is 6.36. The van der Waals surface area contributed by atoms with Gasteiger partial charge in [0.1, 0.15) is 5.92 Å². The Morgan fingerprint density at radius 3 is 2.31 bits per heavy atom. The van der Waals surface area contributed by atoms with Gasteiger partial charge < -0.3 is 21.3 Å². The molecule has 0 radical (unpaired) electrons. The minimum atomic E-state index is -1.13. The maximum absolute atomic E-state index is 10.8. The zero-order valence-electron chi connectivity index (χ0n) is 9.52. The lowest BCUT2D eigenvalue weighted by Crippen LogP contribution is -2.38. The van der Waals surface area contributed by atoms with Crippen molar-refractivity contribution in [3.8, 4) is 0 Å². The molecule has 6 heteroatoms. The first kappa shape index (κ1) is 14.9. The van der Waals surface area contributed by atoms with E-state index in [1.54, 1.807) is 0 Å². The van der Waals surface area contributed by atoms with Crippen molar-refractivity contribution in [1.29, 1.82) is 0 Å². The second kappa shape index (κ2) is 8.06. The first-order chi connectivity index (χ1) is 7.49. The van der Waals surface area contributed by atoms with Crippen LogP contribution in [0.1, 0.15) is 26.2 Å². The fraction of sp³-hybridized carbons (Fsp3) is 0.800. The third-order valence-corrected chi connectivity index (χ3v) is 2.15. The highest BCUT2D eigenvalue weighted by molar-refractivity contribution is 5.98. The highest BCUT2D eigenvalue weighted by Gasteiger charge is 2.24. The summed E-state index contributed by atoms with van der Waals surface area (Å²) < 4.78 is 5.14. The molecule has 0 aliphatic heterocycles. The molecular weight excluding hydrogens is 212 g/mol. The van der Waals surface area contributed by atoms with Crippen LogP contribution in [0, 0.1) is 5.92 Å². The molecule has 2 amide bonds. The number of aliphatic hydroxyl groups excluding tert-OH is 1. The lowest BCUT2D eigenvalue weighted by molar-refractivity contribution is -0.133. The maximum Gasteiger partial charge on any atom is 0.230 e. The van der Waals surface area contributed by atoms with Crippen molar-refractivity contribution in [2.24, 2.45) is 17.4 Å². The zero-order chi connectivity index (χ0) is 12.6. The average molecular weight is 232 g/mol. The highest BCUT2D eigenvalue weighted by Crippen LogP contribution is 2.06. The summed E-state index contributed by atoms with van der Waals surface area (Å²) in [4.78, 5) is 21.6. The molecule has 0 aromatic heterocycles. The molecule has 0 saturated heterocycles. The monoisotopic (exact) mass is 232 g/mol. The van der Waals surface area contributed by atoms with Gasteiger partial charge in [0, 0.05) is 6.61 Å². The normalized spacial score (nSPS) is 12.7. The van der Waals surface area contributed by atoms with Crippen LogP contribution in [0.3, 0.4) is 0 Å². The molecule has 0 aromatic rings. The van der Waals surface area contributed by atoms with E-state index in [4.69, 9.17) is 16.2 Å². The molecular formula is C10H20N2O4. The zero-order valence-corrected chi connectivity index (χ0v) is 9.52. The molecule has 0 unspecified atom stereocenters. The predicted octanol–water partition coefficient (Wildman–Crippen LogP) is -0.859. The summed E-state index contributed by atoms with van der Waals surface area (Å²) in [5.41, 5.74) is 9.94. The van der Waals surface area contributed by atoms with E-state index in [1.807, 2.05) is 6.92 Å². The number of carbonyl (C=O) groups is 2. The highest BCUT2D eigenvalue weighted by atomic mass is 16.5. The Labute approximate surface area is 94.9 Å². The number of primary amides is 2. The molecule has 0 rings (SSSR count). The van der Waals surface area contributed by atoms with Crippen LogP contribution in [0.5, 0.6) is 0 Å². The van der Waals surface area contributed by atoms with Gasteiger partial charge in [0.2, 0.25) is 11.8 Å². The molecule has 0 aliphatic rings. The first-order valence-electron chi connectivity index (χ1n) is 5.33. The number of rotatable bonds is 9. The van der Waals surface area contributed by atoms with E-state index in [2.05, 4.69) is 0 Å². The smallest absolute Gasteiger partial charge is 0.230 e. The largest absolute Gasteiger partial charge is 0.391 e. The molecule has 0 aliphatic carbocycles. The summed E-state index contributed by atoms with van der Waals surface area (Å²) in [7, 11) is 0. The minimum Gasteiger partial charge on any atom is -0.391 e. The van der Waals surface area contributed by atoms with Gasteiger partial charge in [-0.1, -0.05) is 13.3 Å². The van der Waals surface area contributed by atoms with E-state index in [-0.39, 0.29) is 13.0 Å². The summed E-state index contributed by atoms with van der Waals surface area (Å²) in [6.45, 7) is 2.65. The number of hydrogen-bond donors (Lipinski definition) is 3. The van der Waals surface area contributed by atoms with Crippen molar-refractivity contribution < 1.29 is 19.4 Å². The standard InChI is InChI=1S/C10H20N2O4/c1-2-3-4-16-6-7(13)5-8(9(11)14)10(12)15/h7-8,13H,2-6H2,1H3,(H2,11,14)(H2,12,15)/t7-/m1/s1. The average Bonchev–Trinajstić information content (AvgIpc) is 2.20. The van der Waals surface area contributed by atoms with Gasteiger partial charge in [-0.2, -0.15) is 0 Å². The topological polar surface area (TPSA) is 116 Å². The molecule has 0 bridgehead atoms. The first-order valence-corrected chi connectivity index (χ1v) is 5.33. The molecule has 5 N–H and O–H groups in total. The Morgan fingerprint density at radius 1 is 1.31 bits per heavy atom. The molecule has 94 valence electrons. The SMILES string of the molecule is CCCCOC[C@H](O)CC(C(N)=O)C(N)=O. The molecule has 0 aromatic carbocycles. The predicted molar refractivity (Wildman–Crippen MR) is 58.2 cm³/mol. The van der Waals surface area contributed by atoms with Crippen LogP contribution in [0.2, 0.25) is 0 Å². The number of ether oxygens (including phenoxy) is 1. The van der Waals surface area contributed by atoms with Gasteiger partial charge in [0.05, 0.1) is 12.7 Å². The van der Waals surface area contributed by atoms with E-state index in [0.29, 0.717) is 6.61 Å². The molecule has 6 nitrogen and oxygen atoms in total. The van der Waals surface area contributed by atoms with Crippen molar-refractivity contribution in [3.63, 3.8) is 0 Å². The minimum absolute atomic E-state index is 0.0804. The van der Waals surface area contributed by atoms with Crippen LogP contribution in [0.25, 0.3) is 0 Å². The van der Waals surface area contributed by atoms with Crippen molar-refractivity contribution in [2.45, 2.75) is 32.3 Å². The van der Waals surface area contributed by atoms with Gasteiger partial charge in [-0.25, -0.2) is 0 Å². The Morgan fingerprint density at radius 2 is 1.88 bits per heavy atom. The Kier molecular flexibility index (Phi) is 7.49. The Balaban J connectivity index is 3.87. The van der Waals surface area contributed by atoms with E-state index >= 15 is 0 Å². The van der Waals surface area contributed by atoms with Crippen LogP contribution in [0.4, 0.5) is 0 Å². The Bertz CT molecular complexity index is 219. The van der Waals surface area contributed by atoms with Crippen molar-refractivity contribution >= 4 is 11.8 Å². The number of nitrogens with two attached hydrogens (primary N) is 2. The quantitative estimate of drug-likeness (QED) is 0.354. The summed E-state index contributed by atoms with van der Waals surface area (Å²) >= 11 is 0. The Hall–Kier alpha value is -1.14. The summed E-state index contributed by atoms with van der Waals surface area (Å²) in [6, 6.07) is 0. The van der Waals surface area contributed by atoms with Crippen molar-refractivity contribution in [1.82, 2.24) is 0 Å². The van der Waals surface area contributed by atoms with E-state index < -0.39 is 23.8 Å². The van der Waals surface area contributed by atoms with Crippen LogP contribution in [-0.2, 0) is 14.3 Å². The van der Waals surface area contributed by atoms with Gasteiger partial charge in [-0.3, -0.25) is 9.59 Å². The molecule has 0 heterocycles. The number of aliphatic hydroxyl groups is 1. The number of hydrogen-bond acceptors (Lipinski definition) is 4. The van der Waals surface area contributed by atoms with Crippen molar-refractivity contribution in [3.05, 3.63) is 0 Å². The fourth-order valence-corrected chi connectivity index (χ4v) is 1.18.